The minimum Gasteiger partial charge on any atom is -0.378 e. The van der Waals surface area contributed by atoms with Crippen LogP contribution in [-0.4, -0.2) is 49.1 Å². The van der Waals surface area contributed by atoms with Crippen LogP contribution in [0.15, 0.2) is 54.6 Å². The summed E-state index contributed by atoms with van der Waals surface area (Å²) in [5.74, 6) is 0.768. The average molecular weight is 396 g/mol. The third-order valence-corrected chi connectivity index (χ3v) is 5.36. The number of hydrogen-bond acceptors (Lipinski definition) is 4. The maximum absolute atomic E-state index is 13.2. The largest absolute Gasteiger partial charge is 0.378 e. The highest BCUT2D eigenvalue weighted by Gasteiger charge is 2.22. The van der Waals surface area contributed by atoms with Gasteiger partial charge < -0.3 is 14.5 Å². The van der Waals surface area contributed by atoms with Crippen molar-refractivity contribution in [3.63, 3.8) is 0 Å². The number of rotatable bonds is 4. The van der Waals surface area contributed by atoms with Gasteiger partial charge in [-0.25, -0.2) is 4.98 Å². The molecule has 1 aromatic heterocycles. The number of benzene rings is 2. The molecular weight excluding hydrogens is 374 g/mol. The highest BCUT2D eigenvalue weighted by atomic mass is 35.5. The van der Waals surface area contributed by atoms with E-state index >= 15 is 0 Å². The molecule has 3 aromatic rings. The van der Waals surface area contributed by atoms with Crippen molar-refractivity contribution in [3.8, 4) is 0 Å². The molecule has 5 nitrogen and oxygen atoms in total. The molecule has 1 aliphatic heterocycles. The molecule has 0 bridgehead atoms. The number of ether oxygens (including phenoxy) is 1. The van der Waals surface area contributed by atoms with Gasteiger partial charge in [0.05, 0.1) is 24.3 Å². The van der Waals surface area contributed by atoms with Crippen LogP contribution in [0.2, 0.25) is 5.02 Å². The van der Waals surface area contributed by atoms with Crippen molar-refractivity contribution in [1.82, 2.24) is 9.88 Å². The van der Waals surface area contributed by atoms with Crippen molar-refractivity contribution in [1.29, 1.82) is 0 Å². The summed E-state index contributed by atoms with van der Waals surface area (Å²) in [6.07, 6.45) is 0. The number of amides is 1. The lowest BCUT2D eigenvalue weighted by Gasteiger charge is -2.28. The summed E-state index contributed by atoms with van der Waals surface area (Å²) in [6.45, 7) is 2.98. The zero-order valence-electron chi connectivity index (χ0n) is 15.8. The SMILES string of the molecule is CN(Cc1ccccc1Cl)c1cc(C(=O)N2CCOCC2)c2ccccc2n1. The van der Waals surface area contributed by atoms with Gasteiger partial charge in [0.2, 0.25) is 0 Å². The number of carbonyl (C=O) groups excluding carboxylic acids is 1. The van der Waals surface area contributed by atoms with Crippen molar-refractivity contribution in [2.24, 2.45) is 0 Å². The standard InChI is InChI=1S/C22H22ClN3O2/c1-25(15-16-6-2-4-8-19(16)23)21-14-18(17-7-3-5-9-20(17)24-21)22(27)26-10-12-28-13-11-26/h2-9,14H,10-13,15H2,1H3. The Morgan fingerprint density at radius 2 is 1.86 bits per heavy atom. The molecule has 1 aliphatic rings. The Bertz CT molecular complexity index is 1000. The lowest BCUT2D eigenvalue weighted by atomic mass is 10.1. The van der Waals surface area contributed by atoms with Gasteiger partial charge in [-0.1, -0.05) is 48.0 Å². The molecule has 1 saturated heterocycles. The molecule has 144 valence electrons. The van der Waals surface area contributed by atoms with E-state index in [1.165, 1.54) is 0 Å². The van der Waals surface area contributed by atoms with Crippen molar-refractivity contribution < 1.29 is 9.53 Å². The quantitative estimate of drug-likeness (QED) is 0.670. The molecule has 0 unspecified atom stereocenters. The molecule has 6 heteroatoms. The van der Waals surface area contributed by atoms with Crippen LogP contribution in [0.5, 0.6) is 0 Å². The zero-order chi connectivity index (χ0) is 19.5. The van der Waals surface area contributed by atoms with Gasteiger partial charge >= 0.3 is 0 Å². The van der Waals surface area contributed by atoms with Crippen molar-refractivity contribution >= 4 is 34.2 Å². The van der Waals surface area contributed by atoms with E-state index in [2.05, 4.69) is 0 Å². The summed E-state index contributed by atoms with van der Waals surface area (Å²) >= 11 is 6.31. The summed E-state index contributed by atoms with van der Waals surface area (Å²) in [5, 5.41) is 1.59. The first-order valence-electron chi connectivity index (χ1n) is 9.35. The zero-order valence-corrected chi connectivity index (χ0v) is 16.5. The Hall–Kier alpha value is -2.63. The Morgan fingerprint density at radius 3 is 2.64 bits per heavy atom. The first-order chi connectivity index (χ1) is 13.6. The fraction of sp³-hybridized carbons (Fsp3) is 0.273. The number of fused-ring (bicyclic) bond motifs is 1. The summed E-state index contributed by atoms with van der Waals surface area (Å²) in [5.41, 5.74) is 2.50. The normalized spacial score (nSPS) is 14.3. The number of para-hydroxylation sites is 1. The predicted molar refractivity (Wildman–Crippen MR) is 112 cm³/mol. The van der Waals surface area contributed by atoms with E-state index < -0.39 is 0 Å². The molecule has 0 N–H and O–H groups in total. The van der Waals surface area contributed by atoms with E-state index in [9.17, 15) is 4.79 Å². The van der Waals surface area contributed by atoms with E-state index in [1.807, 2.05) is 71.4 Å². The van der Waals surface area contributed by atoms with Crippen LogP contribution in [0.4, 0.5) is 5.82 Å². The molecule has 4 rings (SSSR count). The Labute approximate surface area is 169 Å². The van der Waals surface area contributed by atoms with Crippen molar-refractivity contribution in [2.75, 3.05) is 38.3 Å². The van der Waals surface area contributed by atoms with Crippen LogP contribution >= 0.6 is 11.6 Å². The second kappa shape index (κ2) is 8.17. The van der Waals surface area contributed by atoms with Crippen LogP contribution < -0.4 is 4.90 Å². The lowest BCUT2D eigenvalue weighted by Crippen LogP contribution is -2.40. The molecular formula is C22H22ClN3O2. The summed E-state index contributed by atoms with van der Waals surface area (Å²) < 4.78 is 5.39. The van der Waals surface area contributed by atoms with Gasteiger partial charge in [-0.3, -0.25) is 4.79 Å². The van der Waals surface area contributed by atoms with Crippen LogP contribution in [0.25, 0.3) is 10.9 Å². The van der Waals surface area contributed by atoms with E-state index in [-0.39, 0.29) is 5.91 Å². The van der Waals surface area contributed by atoms with E-state index in [4.69, 9.17) is 21.3 Å². The van der Waals surface area contributed by atoms with Gasteiger partial charge in [-0.15, -0.1) is 0 Å². The van der Waals surface area contributed by atoms with Crippen LogP contribution in [-0.2, 0) is 11.3 Å². The summed E-state index contributed by atoms with van der Waals surface area (Å²) in [6, 6.07) is 17.4. The van der Waals surface area contributed by atoms with Crippen LogP contribution in [0, 0.1) is 0 Å². The third-order valence-electron chi connectivity index (χ3n) is 4.99. The number of morpholine rings is 1. The Morgan fingerprint density at radius 1 is 1.14 bits per heavy atom. The van der Waals surface area contributed by atoms with Gasteiger partial charge in [0.15, 0.2) is 0 Å². The first kappa shape index (κ1) is 18.7. The molecule has 0 saturated carbocycles. The lowest BCUT2D eigenvalue weighted by molar-refractivity contribution is 0.0304. The van der Waals surface area contributed by atoms with E-state index in [0.29, 0.717) is 38.4 Å². The second-order valence-corrected chi connectivity index (χ2v) is 7.30. The van der Waals surface area contributed by atoms with Gasteiger partial charge in [0.25, 0.3) is 5.91 Å². The molecule has 1 fully saturated rings. The first-order valence-corrected chi connectivity index (χ1v) is 9.72. The highest BCUT2D eigenvalue weighted by molar-refractivity contribution is 6.31. The molecule has 28 heavy (non-hydrogen) atoms. The monoisotopic (exact) mass is 395 g/mol. The number of nitrogens with zero attached hydrogens (tertiary/aromatic N) is 3. The van der Waals surface area contributed by atoms with Gasteiger partial charge in [0.1, 0.15) is 5.82 Å². The molecule has 2 aromatic carbocycles. The maximum Gasteiger partial charge on any atom is 0.254 e. The molecule has 0 atom stereocenters. The average Bonchev–Trinajstić information content (AvgIpc) is 2.74. The minimum atomic E-state index is 0.0225. The highest BCUT2D eigenvalue weighted by Crippen LogP contribution is 2.26. The number of halogens is 1. The number of pyridine rings is 1. The Balaban J connectivity index is 1.71. The Kier molecular flexibility index (Phi) is 5.46. The van der Waals surface area contributed by atoms with Gasteiger partial charge in [0, 0.05) is 37.1 Å². The fourth-order valence-corrected chi connectivity index (χ4v) is 3.63. The molecule has 0 aliphatic carbocycles. The second-order valence-electron chi connectivity index (χ2n) is 6.90. The van der Waals surface area contributed by atoms with Crippen molar-refractivity contribution in [3.05, 3.63) is 70.7 Å². The molecule has 2 heterocycles. The number of aromatic nitrogens is 1. The number of carbonyl (C=O) groups is 1. The van der Waals surface area contributed by atoms with E-state index in [0.717, 1.165) is 27.3 Å². The van der Waals surface area contributed by atoms with Crippen LogP contribution in [0.1, 0.15) is 15.9 Å². The van der Waals surface area contributed by atoms with Crippen LogP contribution in [0.3, 0.4) is 0 Å². The maximum atomic E-state index is 13.2. The summed E-state index contributed by atoms with van der Waals surface area (Å²) in [7, 11) is 1.96. The van der Waals surface area contributed by atoms with E-state index in [1.54, 1.807) is 0 Å². The number of hydrogen-bond donors (Lipinski definition) is 0. The molecule has 1 amide bonds. The van der Waals surface area contributed by atoms with Crippen molar-refractivity contribution in [2.45, 2.75) is 6.54 Å². The molecule has 0 radical (unpaired) electrons. The predicted octanol–water partition coefficient (Wildman–Crippen LogP) is 4.00. The van der Waals surface area contributed by atoms with Gasteiger partial charge in [-0.2, -0.15) is 0 Å². The fourth-order valence-electron chi connectivity index (χ4n) is 3.43. The molecule has 0 spiro atoms. The smallest absolute Gasteiger partial charge is 0.254 e. The van der Waals surface area contributed by atoms with Gasteiger partial charge in [-0.05, 0) is 23.8 Å². The minimum absolute atomic E-state index is 0.0225. The summed E-state index contributed by atoms with van der Waals surface area (Å²) in [4.78, 5) is 21.8. The third kappa shape index (κ3) is 3.81. The topological polar surface area (TPSA) is 45.7 Å². The number of anilines is 1.